The highest BCUT2D eigenvalue weighted by molar-refractivity contribution is 5.94. The second-order valence-electron chi connectivity index (χ2n) is 5.74. The van der Waals surface area contributed by atoms with E-state index in [4.69, 9.17) is 4.74 Å². The molecule has 1 aromatic carbocycles. The lowest BCUT2D eigenvalue weighted by Gasteiger charge is -2.35. The number of benzene rings is 1. The van der Waals surface area contributed by atoms with Crippen molar-refractivity contribution >= 4 is 17.4 Å². The van der Waals surface area contributed by atoms with Crippen LogP contribution in [-0.2, 0) is 9.53 Å². The number of ketones is 1. The van der Waals surface area contributed by atoms with Crippen molar-refractivity contribution in [1.29, 1.82) is 0 Å². The minimum atomic E-state index is -0.204. The van der Waals surface area contributed by atoms with Gasteiger partial charge in [-0.25, -0.2) is 0 Å². The van der Waals surface area contributed by atoms with Gasteiger partial charge in [0.2, 0.25) is 0 Å². The third-order valence-corrected chi connectivity index (χ3v) is 4.19. The summed E-state index contributed by atoms with van der Waals surface area (Å²) >= 11 is 0. The Morgan fingerprint density at radius 1 is 1.14 bits per heavy atom. The van der Waals surface area contributed by atoms with E-state index in [-0.39, 0.29) is 17.9 Å². The molecule has 1 fully saturated rings. The summed E-state index contributed by atoms with van der Waals surface area (Å²) in [4.78, 5) is 24.6. The summed E-state index contributed by atoms with van der Waals surface area (Å²) < 4.78 is 5.28. The maximum Gasteiger partial charge on any atom is 0.302 e. The van der Waals surface area contributed by atoms with Crippen LogP contribution in [0.25, 0.3) is 0 Å². The maximum atomic E-state index is 11.3. The summed E-state index contributed by atoms with van der Waals surface area (Å²) in [6.45, 7) is 6.92. The standard InChI is InChI=1S/C17H23NO3/c1-12(19)15-4-6-17(7-5-15)18-10-8-16(9-11-18)13(2)21-14(3)20/h4-7,13,16H,8-11H2,1-3H3. The zero-order valence-corrected chi connectivity index (χ0v) is 13.0. The largest absolute Gasteiger partial charge is 0.463 e. The molecule has 1 aliphatic rings. The topological polar surface area (TPSA) is 46.6 Å². The summed E-state index contributed by atoms with van der Waals surface area (Å²) in [5.74, 6) is 0.321. The highest BCUT2D eigenvalue weighted by atomic mass is 16.5. The molecule has 1 aliphatic heterocycles. The van der Waals surface area contributed by atoms with Crippen LogP contribution in [0.5, 0.6) is 0 Å². The predicted molar refractivity (Wildman–Crippen MR) is 82.6 cm³/mol. The van der Waals surface area contributed by atoms with Crippen LogP contribution in [0.2, 0.25) is 0 Å². The summed E-state index contributed by atoms with van der Waals surface area (Å²) in [5.41, 5.74) is 1.90. The molecule has 0 aliphatic carbocycles. The summed E-state index contributed by atoms with van der Waals surface area (Å²) in [6.07, 6.45) is 2.02. The maximum absolute atomic E-state index is 11.3. The fourth-order valence-corrected chi connectivity index (χ4v) is 2.89. The average Bonchev–Trinajstić information content (AvgIpc) is 2.47. The molecular weight excluding hydrogens is 266 g/mol. The Bertz CT molecular complexity index is 501. The van der Waals surface area contributed by atoms with Gasteiger partial charge in [-0.15, -0.1) is 0 Å². The average molecular weight is 289 g/mol. The minimum Gasteiger partial charge on any atom is -0.463 e. The van der Waals surface area contributed by atoms with Crippen LogP contribution in [-0.4, -0.2) is 30.9 Å². The fraction of sp³-hybridized carbons (Fsp3) is 0.529. The number of nitrogens with zero attached hydrogens (tertiary/aromatic N) is 1. The smallest absolute Gasteiger partial charge is 0.302 e. The van der Waals surface area contributed by atoms with Crippen molar-refractivity contribution in [2.75, 3.05) is 18.0 Å². The van der Waals surface area contributed by atoms with E-state index in [0.717, 1.165) is 37.2 Å². The fourth-order valence-electron chi connectivity index (χ4n) is 2.89. The van der Waals surface area contributed by atoms with E-state index in [9.17, 15) is 9.59 Å². The normalized spacial score (nSPS) is 17.4. The second-order valence-corrected chi connectivity index (χ2v) is 5.74. The van der Waals surface area contributed by atoms with Gasteiger partial charge in [0.1, 0.15) is 6.10 Å². The number of anilines is 1. The van der Waals surface area contributed by atoms with Gasteiger partial charge >= 0.3 is 5.97 Å². The van der Waals surface area contributed by atoms with E-state index in [0.29, 0.717) is 5.92 Å². The van der Waals surface area contributed by atoms with E-state index in [2.05, 4.69) is 4.90 Å². The SMILES string of the molecule is CC(=O)OC(C)C1CCN(c2ccc(C(C)=O)cc2)CC1. The Labute approximate surface area is 126 Å². The molecule has 1 aromatic rings. The van der Waals surface area contributed by atoms with E-state index in [1.54, 1.807) is 6.92 Å². The van der Waals surface area contributed by atoms with Crippen molar-refractivity contribution in [3.05, 3.63) is 29.8 Å². The van der Waals surface area contributed by atoms with Crippen LogP contribution in [0.4, 0.5) is 5.69 Å². The molecule has 4 heteroatoms. The highest BCUT2D eigenvalue weighted by Gasteiger charge is 2.25. The van der Waals surface area contributed by atoms with Crippen LogP contribution in [0.15, 0.2) is 24.3 Å². The van der Waals surface area contributed by atoms with E-state index >= 15 is 0 Å². The van der Waals surface area contributed by atoms with Gasteiger partial charge in [0.25, 0.3) is 0 Å². The van der Waals surface area contributed by atoms with Crippen LogP contribution >= 0.6 is 0 Å². The summed E-state index contributed by atoms with van der Waals surface area (Å²) in [5, 5.41) is 0. The second kappa shape index (κ2) is 6.74. The first-order valence-corrected chi connectivity index (χ1v) is 7.50. The first-order valence-electron chi connectivity index (χ1n) is 7.50. The first kappa shape index (κ1) is 15.5. The Morgan fingerprint density at radius 2 is 1.71 bits per heavy atom. The van der Waals surface area contributed by atoms with Crippen molar-refractivity contribution in [2.45, 2.75) is 39.7 Å². The molecule has 0 amide bonds. The molecule has 2 rings (SSSR count). The highest BCUT2D eigenvalue weighted by Crippen LogP contribution is 2.26. The van der Waals surface area contributed by atoms with Crippen molar-refractivity contribution in [3.63, 3.8) is 0 Å². The number of esters is 1. The monoisotopic (exact) mass is 289 g/mol. The molecule has 1 unspecified atom stereocenters. The molecule has 0 N–H and O–H groups in total. The first-order chi connectivity index (χ1) is 9.97. The van der Waals surface area contributed by atoms with Gasteiger partial charge in [0.05, 0.1) is 0 Å². The molecule has 4 nitrogen and oxygen atoms in total. The summed E-state index contributed by atoms with van der Waals surface area (Å²) in [6, 6.07) is 7.77. The molecule has 0 bridgehead atoms. The Morgan fingerprint density at radius 3 is 2.19 bits per heavy atom. The lowest BCUT2D eigenvalue weighted by molar-refractivity contribution is -0.148. The quantitative estimate of drug-likeness (QED) is 0.631. The van der Waals surface area contributed by atoms with Crippen molar-refractivity contribution in [1.82, 2.24) is 0 Å². The lowest BCUT2D eigenvalue weighted by atomic mass is 9.91. The number of Topliss-reactive ketones (excluding diaryl/α,β-unsaturated/α-hetero) is 1. The molecule has 21 heavy (non-hydrogen) atoms. The molecule has 114 valence electrons. The molecule has 0 aromatic heterocycles. The summed E-state index contributed by atoms with van der Waals surface area (Å²) in [7, 11) is 0. The molecule has 1 heterocycles. The lowest BCUT2D eigenvalue weighted by Crippen LogP contribution is -2.38. The Hall–Kier alpha value is -1.84. The molecule has 1 atom stereocenters. The molecule has 0 spiro atoms. The molecular formula is C17H23NO3. The Kier molecular flexibility index (Phi) is 4.99. The third-order valence-electron chi connectivity index (χ3n) is 4.19. The third kappa shape index (κ3) is 4.06. The van der Waals surface area contributed by atoms with Gasteiger partial charge < -0.3 is 9.64 Å². The number of piperidine rings is 1. The number of carbonyl (C=O) groups excluding carboxylic acids is 2. The van der Waals surface area contributed by atoms with Gasteiger partial charge in [-0.3, -0.25) is 9.59 Å². The van der Waals surface area contributed by atoms with Gasteiger partial charge in [-0.05, 0) is 56.9 Å². The zero-order chi connectivity index (χ0) is 15.4. The van der Waals surface area contributed by atoms with Gasteiger partial charge in [-0.1, -0.05) is 0 Å². The van der Waals surface area contributed by atoms with Crippen molar-refractivity contribution in [3.8, 4) is 0 Å². The molecule has 1 saturated heterocycles. The number of rotatable bonds is 4. The van der Waals surface area contributed by atoms with Gasteiger partial charge in [0, 0.05) is 31.3 Å². The Balaban J connectivity index is 1.91. The number of hydrogen-bond acceptors (Lipinski definition) is 4. The number of carbonyl (C=O) groups is 2. The van der Waals surface area contributed by atoms with Crippen LogP contribution in [0.1, 0.15) is 44.0 Å². The van der Waals surface area contributed by atoms with Gasteiger partial charge in [-0.2, -0.15) is 0 Å². The molecule has 0 radical (unpaired) electrons. The number of hydrogen-bond donors (Lipinski definition) is 0. The van der Waals surface area contributed by atoms with E-state index in [1.807, 2.05) is 31.2 Å². The van der Waals surface area contributed by atoms with E-state index < -0.39 is 0 Å². The van der Waals surface area contributed by atoms with Crippen molar-refractivity contribution in [2.24, 2.45) is 5.92 Å². The van der Waals surface area contributed by atoms with Gasteiger partial charge in [0.15, 0.2) is 5.78 Å². The predicted octanol–water partition coefficient (Wildman–Crippen LogP) is 3.06. The van der Waals surface area contributed by atoms with Crippen LogP contribution in [0.3, 0.4) is 0 Å². The van der Waals surface area contributed by atoms with Crippen LogP contribution < -0.4 is 4.90 Å². The molecule has 0 saturated carbocycles. The van der Waals surface area contributed by atoms with Crippen molar-refractivity contribution < 1.29 is 14.3 Å². The van der Waals surface area contributed by atoms with E-state index in [1.165, 1.54) is 6.92 Å². The number of ether oxygens (including phenoxy) is 1. The minimum absolute atomic E-state index is 0.00950. The zero-order valence-electron chi connectivity index (χ0n) is 13.0. The van der Waals surface area contributed by atoms with Crippen LogP contribution in [0, 0.1) is 5.92 Å².